The van der Waals surface area contributed by atoms with Gasteiger partial charge in [0.1, 0.15) is 0 Å². The maximum absolute atomic E-state index is 11.7. The summed E-state index contributed by atoms with van der Waals surface area (Å²) in [5, 5.41) is 12.6. The number of aryl methyl sites for hydroxylation is 2. The molecule has 2 atom stereocenters. The number of carbonyl (C=O) groups is 1. The van der Waals surface area contributed by atoms with Crippen molar-refractivity contribution in [3.63, 3.8) is 0 Å². The molecule has 0 aliphatic carbocycles. The van der Waals surface area contributed by atoms with Crippen LogP contribution in [0.4, 0.5) is 0 Å². The van der Waals surface area contributed by atoms with Gasteiger partial charge in [0.05, 0.1) is 6.10 Å². The number of amides is 1. The Morgan fingerprint density at radius 2 is 1.80 bits per heavy atom. The van der Waals surface area contributed by atoms with Crippen LogP contribution in [0.2, 0.25) is 0 Å². The van der Waals surface area contributed by atoms with Gasteiger partial charge in [0.25, 0.3) is 0 Å². The Hall–Kier alpha value is -1.35. The number of benzene rings is 1. The lowest BCUT2D eigenvalue weighted by Gasteiger charge is -2.17. The maximum Gasteiger partial charge on any atom is 0.220 e. The SMILES string of the molecule is CCc1ccc(CCC(=O)NCC(O)C(C)CC)cc1. The monoisotopic (exact) mass is 277 g/mol. The van der Waals surface area contributed by atoms with Crippen molar-refractivity contribution >= 4 is 5.91 Å². The first-order chi connectivity index (χ1) is 9.56. The Labute approximate surface area is 122 Å². The van der Waals surface area contributed by atoms with Crippen molar-refractivity contribution in [1.82, 2.24) is 5.32 Å². The van der Waals surface area contributed by atoms with Crippen molar-refractivity contribution in [2.45, 2.75) is 52.6 Å². The first-order valence-corrected chi connectivity index (χ1v) is 7.59. The predicted octanol–water partition coefficient (Wildman–Crippen LogP) is 2.70. The quantitative estimate of drug-likeness (QED) is 0.767. The van der Waals surface area contributed by atoms with Crippen LogP contribution in [-0.2, 0) is 17.6 Å². The van der Waals surface area contributed by atoms with Gasteiger partial charge in [0, 0.05) is 13.0 Å². The third kappa shape index (κ3) is 5.74. The Balaban J connectivity index is 2.28. The summed E-state index contributed by atoms with van der Waals surface area (Å²) in [6.45, 7) is 6.51. The molecule has 0 bridgehead atoms. The zero-order chi connectivity index (χ0) is 15.0. The highest BCUT2D eigenvalue weighted by molar-refractivity contribution is 5.76. The molecular weight excluding hydrogens is 250 g/mol. The summed E-state index contributed by atoms with van der Waals surface area (Å²) in [5.74, 6) is 0.226. The molecule has 2 N–H and O–H groups in total. The second kappa shape index (κ2) is 8.75. The minimum atomic E-state index is -0.451. The summed E-state index contributed by atoms with van der Waals surface area (Å²) in [6, 6.07) is 8.39. The molecule has 3 heteroatoms. The first-order valence-electron chi connectivity index (χ1n) is 7.59. The van der Waals surface area contributed by atoms with Gasteiger partial charge < -0.3 is 10.4 Å². The summed E-state index contributed by atoms with van der Waals surface area (Å²) in [7, 11) is 0. The Morgan fingerprint density at radius 1 is 1.20 bits per heavy atom. The van der Waals surface area contributed by atoms with Crippen LogP contribution in [-0.4, -0.2) is 23.7 Å². The molecule has 20 heavy (non-hydrogen) atoms. The van der Waals surface area contributed by atoms with Gasteiger partial charge in [-0.3, -0.25) is 4.79 Å². The molecule has 0 spiro atoms. The van der Waals surface area contributed by atoms with E-state index in [0.29, 0.717) is 13.0 Å². The standard InChI is InChI=1S/C17H27NO2/c1-4-13(3)16(19)12-18-17(20)11-10-15-8-6-14(5-2)7-9-15/h6-9,13,16,19H,4-5,10-12H2,1-3H3,(H,18,20). The van der Waals surface area contributed by atoms with Crippen molar-refractivity contribution in [2.75, 3.05) is 6.54 Å². The van der Waals surface area contributed by atoms with Gasteiger partial charge in [-0.05, 0) is 29.9 Å². The van der Waals surface area contributed by atoms with Gasteiger partial charge in [-0.25, -0.2) is 0 Å². The molecule has 0 fully saturated rings. The molecule has 1 amide bonds. The molecule has 1 rings (SSSR count). The van der Waals surface area contributed by atoms with Crippen molar-refractivity contribution in [3.8, 4) is 0 Å². The topological polar surface area (TPSA) is 49.3 Å². The molecule has 1 aromatic carbocycles. The van der Waals surface area contributed by atoms with Gasteiger partial charge in [0.2, 0.25) is 5.91 Å². The highest BCUT2D eigenvalue weighted by atomic mass is 16.3. The van der Waals surface area contributed by atoms with Gasteiger partial charge in [-0.1, -0.05) is 51.5 Å². The zero-order valence-electron chi connectivity index (χ0n) is 12.9. The average Bonchev–Trinajstić information content (AvgIpc) is 2.50. The van der Waals surface area contributed by atoms with E-state index in [2.05, 4.69) is 36.5 Å². The minimum absolute atomic E-state index is 0.00641. The largest absolute Gasteiger partial charge is 0.391 e. The zero-order valence-corrected chi connectivity index (χ0v) is 12.9. The lowest BCUT2D eigenvalue weighted by Crippen LogP contribution is -2.35. The van der Waals surface area contributed by atoms with E-state index in [4.69, 9.17) is 0 Å². The number of carbonyl (C=O) groups excluding carboxylic acids is 1. The van der Waals surface area contributed by atoms with Crippen molar-refractivity contribution in [3.05, 3.63) is 35.4 Å². The molecule has 0 aromatic heterocycles. The van der Waals surface area contributed by atoms with Crippen LogP contribution in [0.15, 0.2) is 24.3 Å². The predicted molar refractivity (Wildman–Crippen MR) is 82.6 cm³/mol. The molecule has 1 aromatic rings. The fourth-order valence-electron chi connectivity index (χ4n) is 1.98. The van der Waals surface area contributed by atoms with Crippen LogP contribution in [0, 0.1) is 5.92 Å². The molecule has 0 saturated heterocycles. The van der Waals surface area contributed by atoms with Gasteiger partial charge in [-0.2, -0.15) is 0 Å². The summed E-state index contributed by atoms with van der Waals surface area (Å²) in [6.07, 6.45) is 2.72. The van der Waals surface area contributed by atoms with E-state index < -0.39 is 6.10 Å². The van der Waals surface area contributed by atoms with Crippen LogP contribution < -0.4 is 5.32 Å². The molecule has 3 nitrogen and oxygen atoms in total. The van der Waals surface area contributed by atoms with Gasteiger partial charge in [0.15, 0.2) is 0 Å². The van der Waals surface area contributed by atoms with Crippen molar-refractivity contribution in [2.24, 2.45) is 5.92 Å². The number of hydrogen-bond acceptors (Lipinski definition) is 2. The van der Waals surface area contributed by atoms with E-state index in [0.717, 1.165) is 19.3 Å². The van der Waals surface area contributed by atoms with E-state index in [-0.39, 0.29) is 11.8 Å². The normalized spacial score (nSPS) is 13.8. The van der Waals surface area contributed by atoms with Crippen LogP contribution in [0.3, 0.4) is 0 Å². The maximum atomic E-state index is 11.7. The highest BCUT2D eigenvalue weighted by Crippen LogP contribution is 2.08. The Kier molecular flexibility index (Phi) is 7.31. The van der Waals surface area contributed by atoms with Crippen molar-refractivity contribution < 1.29 is 9.90 Å². The third-order valence-corrected chi connectivity index (χ3v) is 3.88. The van der Waals surface area contributed by atoms with E-state index in [1.54, 1.807) is 0 Å². The summed E-state index contributed by atoms with van der Waals surface area (Å²) < 4.78 is 0. The second-order valence-electron chi connectivity index (χ2n) is 5.43. The average molecular weight is 277 g/mol. The molecule has 2 unspecified atom stereocenters. The highest BCUT2D eigenvalue weighted by Gasteiger charge is 2.13. The molecule has 0 aliphatic heterocycles. The molecule has 0 saturated carbocycles. The third-order valence-electron chi connectivity index (χ3n) is 3.88. The van der Waals surface area contributed by atoms with Crippen LogP contribution in [0.5, 0.6) is 0 Å². The molecule has 112 valence electrons. The van der Waals surface area contributed by atoms with E-state index in [1.807, 2.05) is 13.8 Å². The second-order valence-corrected chi connectivity index (χ2v) is 5.43. The number of rotatable bonds is 8. The Bertz CT molecular complexity index is 400. The van der Waals surface area contributed by atoms with E-state index in [1.165, 1.54) is 11.1 Å². The van der Waals surface area contributed by atoms with Crippen LogP contribution in [0.25, 0.3) is 0 Å². The fourth-order valence-corrected chi connectivity index (χ4v) is 1.98. The molecule has 0 aliphatic rings. The van der Waals surface area contributed by atoms with Crippen molar-refractivity contribution in [1.29, 1.82) is 0 Å². The minimum Gasteiger partial charge on any atom is -0.391 e. The Morgan fingerprint density at radius 3 is 2.35 bits per heavy atom. The van der Waals surface area contributed by atoms with Crippen LogP contribution >= 0.6 is 0 Å². The number of aliphatic hydroxyl groups excluding tert-OH is 1. The summed E-state index contributed by atoms with van der Waals surface area (Å²) in [4.78, 5) is 11.7. The number of nitrogens with one attached hydrogen (secondary N) is 1. The van der Waals surface area contributed by atoms with E-state index in [9.17, 15) is 9.90 Å². The molecular formula is C17H27NO2. The van der Waals surface area contributed by atoms with Gasteiger partial charge in [-0.15, -0.1) is 0 Å². The fraction of sp³-hybridized carbons (Fsp3) is 0.588. The van der Waals surface area contributed by atoms with Crippen LogP contribution in [0.1, 0.15) is 44.7 Å². The summed E-state index contributed by atoms with van der Waals surface area (Å²) >= 11 is 0. The smallest absolute Gasteiger partial charge is 0.220 e. The summed E-state index contributed by atoms with van der Waals surface area (Å²) in [5.41, 5.74) is 2.50. The van der Waals surface area contributed by atoms with E-state index >= 15 is 0 Å². The number of hydrogen-bond donors (Lipinski definition) is 2. The lowest BCUT2D eigenvalue weighted by molar-refractivity contribution is -0.121. The van der Waals surface area contributed by atoms with Gasteiger partial charge >= 0.3 is 0 Å². The first kappa shape index (κ1) is 16.7. The molecule has 0 heterocycles. The molecule has 0 radical (unpaired) electrons. The lowest BCUT2D eigenvalue weighted by atomic mass is 10.0. The number of aliphatic hydroxyl groups is 1.